The Hall–Kier alpha value is -2.71. The summed E-state index contributed by atoms with van der Waals surface area (Å²) in [6.07, 6.45) is 4.67. The van der Waals surface area contributed by atoms with Crippen LogP contribution in [0.2, 0.25) is 0 Å². The number of nitrogens with zero attached hydrogens (tertiary/aromatic N) is 4. The normalized spacial score (nSPS) is 10.5. The minimum absolute atomic E-state index is 0.107. The fourth-order valence-electron chi connectivity index (χ4n) is 1.82. The third kappa shape index (κ3) is 4.13. The number of aromatic amines is 1. The van der Waals surface area contributed by atoms with Gasteiger partial charge in [0.15, 0.2) is 5.69 Å². The molecule has 0 saturated heterocycles. The maximum Gasteiger partial charge on any atom is 0.325 e. The van der Waals surface area contributed by atoms with Gasteiger partial charge >= 0.3 is 5.97 Å². The number of hydrogen-bond donors (Lipinski definition) is 3. The Morgan fingerprint density at radius 3 is 2.95 bits per heavy atom. The number of nitrogens with one attached hydrogen (secondary N) is 2. The molecule has 2 aromatic heterocycles. The molecule has 9 nitrogen and oxygen atoms in total. The van der Waals surface area contributed by atoms with Gasteiger partial charge in [-0.2, -0.15) is 5.10 Å². The number of carbonyl (C=O) groups is 2. The van der Waals surface area contributed by atoms with Gasteiger partial charge in [0.2, 0.25) is 0 Å². The molecule has 0 saturated carbocycles. The molecular weight excluding hydrogens is 276 g/mol. The molecule has 0 unspecified atom stereocenters. The molecule has 2 rings (SSSR count). The maximum absolute atomic E-state index is 11.8. The fraction of sp³-hybridized carbons (Fsp3) is 0.417. The van der Waals surface area contributed by atoms with E-state index in [1.165, 1.54) is 6.20 Å². The highest BCUT2D eigenvalue weighted by Crippen LogP contribution is 2.05. The van der Waals surface area contributed by atoms with E-state index in [9.17, 15) is 9.59 Å². The van der Waals surface area contributed by atoms with E-state index in [4.69, 9.17) is 5.11 Å². The SMILES string of the molecule is Cc1[nH]ncc1CCCNC(=O)c1cn(CC(=O)O)nn1. The van der Waals surface area contributed by atoms with Crippen LogP contribution in [0.3, 0.4) is 0 Å². The third-order valence-electron chi connectivity index (χ3n) is 2.91. The molecule has 0 fully saturated rings. The summed E-state index contributed by atoms with van der Waals surface area (Å²) in [6, 6.07) is 0. The first-order chi connectivity index (χ1) is 10.1. The summed E-state index contributed by atoms with van der Waals surface area (Å²) in [5.74, 6) is -1.40. The summed E-state index contributed by atoms with van der Waals surface area (Å²) < 4.78 is 1.10. The zero-order chi connectivity index (χ0) is 15.2. The molecular formula is C12H16N6O3. The second-order valence-corrected chi connectivity index (χ2v) is 4.57. The van der Waals surface area contributed by atoms with E-state index in [1.54, 1.807) is 6.20 Å². The molecule has 0 atom stereocenters. The van der Waals surface area contributed by atoms with Gasteiger partial charge in [-0.3, -0.25) is 14.7 Å². The molecule has 2 heterocycles. The van der Waals surface area contributed by atoms with E-state index in [0.717, 1.165) is 28.8 Å². The number of amides is 1. The van der Waals surface area contributed by atoms with Gasteiger partial charge in [0, 0.05) is 12.2 Å². The second-order valence-electron chi connectivity index (χ2n) is 4.57. The number of rotatable bonds is 7. The molecule has 3 N–H and O–H groups in total. The summed E-state index contributed by atoms with van der Waals surface area (Å²) in [4.78, 5) is 22.3. The van der Waals surface area contributed by atoms with Crippen LogP contribution >= 0.6 is 0 Å². The van der Waals surface area contributed by atoms with Crippen molar-refractivity contribution in [3.05, 3.63) is 29.3 Å². The number of H-pyrrole nitrogens is 1. The monoisotopic (exact) mass is 292 g/mol. The van der Waals surface area contributed by atoms with Crippen LogP contribution in [-0.4, -0.2) is 48.7 Å². The van der Waals surface area contributed by atoms with Crippen molar-refractivity contribution in [3.8, 4) is 0 Å². The van der Waals surface area contributed by atoms with Crippen molar-refractivity contribution in [2.45, 2.75) is 26.3 Å². The molecule has 2 aromatic rings. The summed E-state index contributed by atoms with van der Waals surface area (Å²) in [7, 11) is 0. The van der Waals surface area contributed by atoms with Gasteiger partial charge in [0.25, 0.3) is 5.91 Å². The Kier molecular flexibility index (Phi) is 4.64. The first-order valence-electron chi connectivity index (χ1n) is 6.45. The predicted molar refractivity (Wildman–Crippen MR) is 71.6 cm³/mol. The Balaban J connectivity index is 1.75. The topological polar surface area (TPSA) is 126 Å². The molecule has 0 aliphatic rings. The molecule has 0 bridgehead atoms. The van der Waals surface area contributed by atoms with Gasteiger partial charge in [0.1, 0.15) is 6.54 Å². The van der Waals surface area contributed by atoms with E-state index in [0.29, 0.717) is 6.54 Å². The lowest BCUT2D eigenvalue weighted by Crippen LogP contribution is -2.25. The summed E-state index contributed by atoms with van der Waals surface area (Å²) in [6.45, 7) is 2.12. The summed E-state index contributed by atoms with van der Waals surface area (Å²) in [5.41, 5.74) is 2.25. The number of aromatic nitrogens is 5. The Morgan fingerprint density at radius 2 is 2.29 bits per heavy atom. The highest BCUT2D eigenvalue weighted by atomic mass is 16.4. The van der Waals surface area contributed by atoms with Crippen LogP contribution in [0.1, 0.15) is 28.2 Å². The highest BCUT2D eigenvalue weighted by molar-refractivity contribution is 5.91. The highest BCUT2D eigenvalue weighted by Gasteiger charge is 2.11. The van der Waals surface area contributed by atoms with Gasteiger partial charge in [-0.1, -0.05) is 5.21 Å². The first kappa shape index (κ1) is 14.7. The van der Waals surface area contributed by atoms with Crippen molar-refractivity contribution >= 4 is 11.9 Å². The van der Waals surface area contributed by atoms with Crippen LogP contribution in [0, 0.1) is 6.92 Å². The maximum atomic E-state index is 11.8. The minimum atomic E-state index is -1.04. The van der Waals surface area contributed by atoms with Gasteiger partial charge in [0.05, 0.1) is 12.4 Å². The number of carbonyl (C=O) groups excluding carboxylic acids is 1. The first-order valence-corrected chi connectivity index (χ1v) is 6.45. The molecule has 0 aliphatic heterocycles. The van der Waals surface area contributed by atoms with Gasteiger partial charge in [-0.05, 0) is 25.3 Å². The third-order valence-corrected chi connectivity index (χ3v) is 2.91. The largest absolute Gasteiger partial charge is 0.480 e. The van der Waals surface area contributed by atoms with Crippen molar-refractivity contribution in [2.75, 3.05) is 6.54 Å². The molecule has 1 amide bonds. The summed E-state index contributed by atoms with van der Waals surface area (Å²) in [5, 5.41) is 25.3. The molecule has 0 aromatic carbocycles. The second kappa shape index (κ2) is 6.64. The van der Waals surface area contributed by atoms with Gasteiger partial charge < -0.3 is 10.4 Å². The van der Waals surface area contributed by atoms with Crippen LogP contribution in [0.25, 0.3) is 0 Å². The van der Waals surface area contributed by atoms with Crippen molar-refractivity contribution in [1.82, 2.24) is 30.5 Å². The molecule has 21 heavy (non-hydrogen) atoms. The molecule has 0 radical (unpaired) electrons. The zero-order valence-corrected chi connectivity index (χ0v) is 11.5. The van der Waals surface area contributed by atoms with Crippen LogP contribution in [0.5, 0.6) is 0 Å². The Bertz CT molecular complexity index is 632. The minimum Gasteiger partial charge on any atom is -0.480 e. The number of carboxylic acids is 1. The van der Waals surface area contributed by atoms with Gasteiger partial charge in [-0.25, -0.2) is 4.68 Å². The molecule has 112 valence electrons. The number of hydrogen-bond acceptors (Lipinski definition) is 5. The van der Waals surface area contributed by atoms with E-state index in [2.05, 4.69) is 25.8 Å². The fourth-order valence-corrected chi connectivity index (χ4v) is 1.82. The van der Waals surface area contributed by atoms with Gasteiger partial charge in [-0.15, -0.1) is 5.10 Å². The van der Waals surface area contributed by atoms with E-state index >= 15 is 0 Å². The van der Waals surface area contributed by atoms with E-state index in [1.807, 2.05) is 6.92 Å². The van der Waals surface area contributed by atoms with Crippen molar-refractivity contribution < 1.29 is 14.7 Å². The van der Waals surface area contributed by atoms with Crippen LogP contribution < -0.4 is 5.32 Å². The Labute approximate surface area is 120 Å². The van der Waals surface area contributed by atoms with Crippen molar-refractivity contribution in [2.24, 2.45) is 0 Å². The van der Waals surface area contributed by atoms with Crippen LogP contribution in [-0.2, 0) is 17.8 Å². The lowest BCUT2D eigenvalue weighted by Gasteiger charge is -2.02. The van der Waals surface area contributed by atoms with E-state index in [-0.39, 0.29) is 18.1 Å². The van der Waals surface area contributed by atoms with Crippen molar-refractivity contribution in [1.29, 1.82) is 0 Å². The average molecular weight is 292 g/mol. The quantitative estimate of drug-likeness (QED) is 0.604. The molecule has 9 heteroatoms. The number of aliphatic carboxylic acids is 1. The summed E-state index contributed by atoms with van der Waals surface area (Å²) >= 11 is 0. The Morgan fingerprint density at radius 1 is 1.48 bits per heavy atom. The predicted octanol–water partition coefficient (Wildman–Crippen LogP) is -0.243. The standard InChI is InChI=1S/C12H16N6O3/c1-8-9(5-14-15-8)3-2-4-13-12(21)10-6-18(17-16-10)7-11(19)20/h5-6H,2-4,7H2,1H3,(H,13,21)(H,14,15)(H,19,20). The number of carboxylic acid groups (broad SMARTS) is 1. The smallest absolute Gasteiger partial charge is 0.325 e. The van der Waals surface area contributed by atoms with Crippen molar-refractivity contribution in [3.63, 3.8) is 0 Å². The van der Waals surface area contributed by atoms with Crippen LogP contribution in [0.15, 0.2) is 12.4 Å². The van der Waals surface area contributed by atoms with E-state index < -0.39 is 5.97 Å². The zero-order valence-electron chi connectivity index (χ0n) is 11.5. The number of aryl methyl sites for hydroxylation is 2. The lowest BCUT2D eigenvalue weighted by molar-refractivity contribution is -0.137. The lowest BCUT2D eigenvalue weighted by atomic mass is 10.1. The van der Waals surface area contributed by atoms with Crippen LogP contribution in [0.4, 0.5) is 0 Å². The average Bonchev–Trinajstić information content (AvgIpc) is 3.03. The molecule has 0 aliphatic carbocycles. The molecule has 0 spiro atoms.